The summed E-state index contributed by atoms with van der Waals surface area (Å²) in [6.45, 7) is 0. The topological polar surface area (TPSA) is 89.3 Å². The fraction of sp³-hybridized carbons (Fsp3) is 0.0769. The van der Waals surface area contributed by atoms with E-state index in [-0.39, 0.29) is 16.9 Å². The van der Waals surface area contributed by atoms with E-state index in [4.69, 9.17) is 0 Å². The van der Waals surface area contributed by atoms with Gasteiger partial charge in [-0.15, -0.1) is 0 Å². The fourth-order valence-corrected chi connectivity index (χ4v) is 2.92. The lowest BCUT2D eigenvalue weighted by molar-refractivity contribution is -0.384. The largest absolute Gasteiger partial charge is 0.280 e. The van der Waals surface area contributed by atoms with E-state index < -0.39 is 26.5 Å². The monoisotopic (exact) mass is 310 g/mol. The Morgan fingerprint density at radius 3 is 2.52 bits per heavy atom. The summed E-state index contributed by atoms with van der Waals surface area (Å²) in [6, 6.07) is 10.6. The van der Waals surface area contributed by atoms with Crippen LogP contribution >= 0.6 is 0 Å². The highest BCUT2D eigenvalue weighted by Gasteiger charge is 2.15. The van der Waals surface area contributed by atoms with Gasteiger partial charge in [-0.25, -0.2) is 12.8 Å². The second kappa shape index (κ2) is 5.88. The fourth-order valence-electron chi connectivity index (χ4n) is 1.73. The number of hydrogen-bond acceptors (Lipinski definition) is 4. The van der Waals surface area contributed by atoms with Gasteiger partial charge in [0.05, 0.1) is 16.4 Å². The summed E-state index contributed by atoms with van der Waals surface area (Å²) < 4.78 is 39.4. The second-order valence-corrected chi connectivity index (χ2v) is 5.99. The summed E-state index contributed by atoms with van der Waals surface area (Å²) in [4.78, 5) is 10.0. The van der Waals surface area contributed by atoms with Gasteiger partial charge in [0.1, 0.15) is 5.82 Å². The van der Waals surface area contributed by atoms with Gasteiger partial charge in [-0.3, -0.25) is 14.8 Å². The Kier molecular flexibility index (Phi) is 4.18. The zero-order valence-electron chi connectivity index (χ0n) is 10.7. The van der Waals surface area contributed by atoms with Crippen LogP contribution in [0.4, 0.5) is 15.8 Å². The molecule has 0 bridgehead atoms. The lowest BCUT2D eigenvalue weighted by Gasteiger charge is -2.08. The van der Waals surface area contributed by atoms with Gasteiger partial charge in [0, 0.05) is 12.1 Å². The molecule has 0 radical (unpaired) electrons. The van der Waals surface area contributed by atoms with E-state index in [1.165, 1.54) is 42.5 Å². The highest BCUT2D eigenvalue weighted by molar-refractivity contribution is 7.91. The molecule has 0 heterocycles. The molecular weight excluding hydrogens is 299 g/mol. The van der Waals surface area contributed by atoms with Crippen molar-refractivity contribution in [1.82, 2.24) is 0 Å². The van der Waals surface area contributed by atoms with Crippen molar-refractivity contribution >= 4 is 21.4 Å². The van der Waals surface area contributed by atoms with Crippen molar-refractivity contribution in [1.29, 1.82) is 0 Å². The van der Waals surface area contributed by atoms with E-state index in [0.29, 0.717) is 0 Å². The Morgan fingerprint density at radius 1 is 1.14 bits per heavy atom. The third-order valence-corrected chi connectivity index (χ3v) is 3.86. The normalized spacial score (nSPS) is 11.1. The number of para-hydroxylation sites is 1. The molecule has 0 aliphatic carbocycles. The Balaban J connectivity index is 2.20. The molecule has 6 nitrogen and oxygen atoms in total. The number of sulfonamides is 1. The molecule has 2 aromatic carbocycles. The van der Waals surface area contributed by atoms with Gasteiger partial charge in [0.25, 0.3) is 5.69 Å². The first kappa shape index (κ1) is 14.9. The molecule has 0 amide bonds. The highest BCUT2D eigenvalue weighted by Crippen LogP contribution is 2.18. The van der Waals surface area contributed by atoms with Gasteiger partial charge in [-0.05, 0) is 17.7 Å². The number of nitro groups is 1. The zero-order valence-corrected chi connectivity index (χ0v) is 11.5. The first-order valence-corrected chi connectivity index (χ1v) is 7.51. The lowest BCUT2D eigenvalue weighted by atomic mass is 10.2. The summed E-state index contributed by atoms with van der Waals surface area (Å²) in [7, 11) is -3.87. The number of nitrogens with zero attached hydrogens (tertiary/aromatic N) is 1. The minimum atomic E-state index is -3.87. The van der Waals surface area contributed by atoms with Crippen LogP contribution in [-0.4, -0.2) is 13.3 Å². The zero-order chi connectivity index (χ0) is 15.5. The number of nitrogens with one attached hydrogen (secondary N) is 1. The maximum atomic E-state index is 13.4. The van der Waals surface area contributed by atoms with Crippen molar-refractivity contribution in [2.24, 2.45) is 0 Å². The molecule has 0 saturated carbocycles. The van der Waals surface area contributed by atoms with Crippen molar-refractivity contribution in [3.05, 3.63) is 70.0 Å². The molecule has 0 saturated heterocycles. The van der Waals surface area contributed by atoms with Crippen LogP contribution < -0.4 is 4.72 Å². The van der Waals surface area contributed by atoms with Crippen molar-refractivity contribution in [2.75, 3.05) is 4.72 Å². The Bertz CT molecular complexity index is 777. The van der Waals surface area contributed by atoms with Crippen molar-refractivity contribution in [2.45, 2.75) is 5.75 Å². The average Bonchev–Trinajstić information content (AvgIpc) is 2.41. The summed E-state index contributed by atoms with van der Waals surface area (Å²) >= 11 is 0. The molecule has 2 aromatic rings. The second-order valence-electron chi connectivity index (χ2n) is 4.27. The molecule has 0 unspecified atom stereocenters. The molecule has 0 aliphatic heterocycles. The Labute approximate surface area is 120 Å². The number of anilines is 1. The number of non-ortho nitro benzene ring substituents is 1. The number of hydrogen-bond donors (Lipinski definition) is 1. The molecule has 0 aliphatic rings. The Morgan fingerprint density at radius 2 is 1.86 bits per heavy atom. The Hall–Kier alpha value is -2.48. The molecule has 110 valence electrons. The molecule has 21 heavy (non-hydrogen) atoms. The van der Waals surface area contributed by atoms with E-state index in [0.717, 1.165) is 6.07 Å². The minimum absolute atomic E-state index is 0.164. The summed E-state index contributed by atoms with van der Waals surface area (Å²) in [5, 5.41) is 10.6. The molecular formula is C13H11FN2O4S. The molecule has 2 rings (SSSR count). The quantitative estimate of drug-likeness (QED) is 0.679. The lowest BCUT2D eigenvalue weighted by Crippen LogP contribution is -2.16. The average molecular weight is 310 g/mol. The van der Waals surface area contributed by atoms with E-state index in [9.17, 15) is 22.9 Å². The van der Waals surface area contributed by atoms with Crippen LogP contribution in [0.15, 0.2) is 48.5 Å². The standard InChI is InChI=1S/C13H11FN2O4S/c14-12-6-1-2-7-13(12)15-21(19,20)9-10-4-3-5-11(8-10)16(17)18/h1-8,15H,9H2. The number of halogens is 1. The predicted molar refractivity (Wildman–Crippen MR) is 75.7 cm³/mol. The minimum Gasteiger partial charge on any atom is -0.280 e. The van der Waals surface area contributed by atoms with E-state index in [1.54, 1.807) is 0 Å². The van der Waals surface area contributed by atoms with Gasteiger partial charge in [0.2, 0.25) is 10.0 Å². The van der Waals surface area contributed by atoms with Crippen LogP contribution in [0.3, 0.4) is 0 Å². The van der Waals surface area contributed by atoms with Crippen LogP contribution in [0.2, 0.25) is 0 Å². The summed E-state index contributed by atoms with van der Waals surface area (Å²) in [5.41, 5.74) is -0.121. The third kappa shape index (κ3) is 3.99. The number of rotatable bonds is 5. The summed E-state index contributed by atoms with van der Waals surface area (Å²) in [5.74, 6) is -1.18. The molecule has 8 heteroatoms. The predicted octanol–water partition coefficient (Wildman–Crippen LogP) is 2.68. The molecule has 0 atom stereocenters. The third-order valence-electron chi connectivity index (χ3n) is 2.62. The van der Waals surface area contributed by atoms with Crippen molar-refractivity contribution < 1.29 is 17.7 Å². The van der Waals surface area contributed by atoms with Gasteiger partial charge in [-0.2, -0.15) is 0 Å². The van der Waals surface area contributed by atoms with E-state index in [1.807, 2.05) is 0 Å². The molecule has 1 N–H and O–H groups in total. The highest BCUT2D eigenvalue weighted by atomic mass is 32.2. The van der Waals surface area contributed by atoms with Crippen LogP contribution in [0.25, 0.3) is 0 Å². The molecule has 0 spiro atoms. The first-order chi connectivity index (χ1) is 9.87. The smallest absolute Gasteiger partial charge is 0.269 e. The molecule has 0 fully saturated rings. The number of nitro benzene ring substituents is 1. The van der Waals surface area contributed by atoms with Crippen LogP contribution in [0, 0.1) is 15.9 Å². The van der Waals surface area contributed by atoms with E-state index in [2.05, 4.69) is 4.72 Å². The van der Waals surface area contributed by atoms with Gasteiger partial charge in [0.15, 0.2) is 0 Å². The van der Waals surface area contributed by atoms with Gasteiger partial charge >= 0.3 is 0 Å². The van der Waals surface area contributed by atoms with Crippen molar-refractivity contribution in [3.8, 4) is 0 Å². The van der Waals surface area contributed by atoms with Crippen molar-refractivity contribution in [3.63, 3.8) is 0 Å². The number of benzene rings is 2. The maximum absolute atomic E-state index is 13.4. The first-order valence-electron chi connectivity index (χ1n) is 5.86. The van der Waals surface area contributed by atoms with Crippen LogP contribution in [0.5, 0.6) is 0 Å². The van der Waals surface area contributed by atoms with Crippen LogP contribution in [-0.2, 0) is 15.8 Å². The molecule has 0 aromatic heterocycles. The van der Waals surface area contributed by atoms with E-state index >= 15 is 0 Å². The summed E-state index contributed by atoms with van der Waals surface area (Å²) in [6.07, 6.45) is 0. The SMILES string of the molecule is O=[N+]([O-])c1cccc(CS(=O)(=O)Nc2ccccc2F)c1. The van der Waals surface area contributed by atoms with Crippen LogP contribution in [0.1, 0.15) is 5.56 Å². The van der Waals surface area contributed by atoms with Gasteiger partial charge in [-0.1, -0.05) is 24.3 Å². The maximum Gasteiger partial charge on any atom is 0.269 e. The van der Waals surface area contributed by atoms with Gasteiger partial charge < -0.3 is 0 Å².